The Hall–Kier alpha value is -2.98. The van der Waals surface area contributed by atoms with Crippen LogP contribution in [0.4, 0.5) is 87.8 Å². The van der Waals surface area contributed by atoms with Crippen molar-refractivity contribution < 1.29 is 107 Å². The van der Waals surface area contributed by atoms with Crippen molar-refractivity contribution >= 4 is 11.9 Å². The molecule has 0 aromatic heterocycles. The second-order valence-electron chi connectivity index (χ2n) is 6.88. The van der Waals surface area contributed by atoms with Gasteiger partial charge in [-0.25, -0.2) is 9.59 Å². The topological polar surface area (TPSA) is 52.6 Å². The van der Waals surface area contributed by atoms with Crippen LogP contribution >= 0.6 is 0 Å². The van der Waals surface area contributed by atoms with Gasteiger partial charge < -0.3 is 9.47 Å². The van der Waals surface area contributed by atoms with Gasteiger partial charge in [-0.3, -0.25) is 0 Å². The van der Waals surface area contributed by atoms with Crippen molar-refractivity contribution in [2.75, 3.05) is 0 Å². The number of hydrogen-bond donors (Lipinski definition) is 0. The zero-order chi connectivity index (χ0) is 33.0. The Kier molecular flexibility index (Phi) is 9.10. The van der Waals surface area contributed by atoms with Gasteiger partial charge in [0.2, 0.25) is 0 Å². The largest absolute Gasteiger partial charge is 0.473 e. The van der Waals surface area contributed by atoms with E-state index < -0.39 is 83.7 Å². The molecule has 0 atom stereocenters. The summed E-state index contributed by atoms with van der Waals surface area (Å²) in [6.45, 7) is 4.42. The molecule has 0 aromatic carbocycles. The fourth-order valence-electron chi connectivity index (χ4n) is 2.01. The molecule has 0 saturated carbocycles. The summed E-state index contributed by atoms with van der Waals surface area (Å²) in [6.07, 6.45) is -16.1. The van der Waals surface area contributed by atoms with Gasteiger partial charge in [0.1, 0.15) is 0 Å². The third-order valence-corrected chi connectivity index (χ3v) is 4.28. The standard InChI is InChI=1S/C16H6F20O4/c1-3-5(37)39-15(33,34)13(29,30)11(25,26)9(21,22)7(17,18)8(19,20)10(23,24)12(27,28)14(31,32)16(35,36)40-6(38)4-2/h3-4H,1-2H2. The lowest BCUT2D eigenvalue weighted by Gasteiger charge is -2.44. The third kappa shape index (κ3) is 4.79. The molecule has 4 nitrogen and oxygen atoms in total. The van der Waals surface area contributed by atoms with Gasteiger partial charge in [0.25, 0.3) is 0 Å². The molecule has 234 valence electrons. The molecular weight excluding hydrogens is 636 g/mol. The Labute approximate surface area is 205 Å². The zero-order valence-corrected chi connectivity index (χ0v) is 17.8. The van der Waals surface area contributed by atoms with Gasteiger partial charge in [-0.1, -0.05) is 13.2 Å². The first-order valence-corrected chi connectivity index (χ1v) is 8.65. The minimum absolute atomic E-state index is 0.589. The van der Waals surface area contributed by atoms with Crippen molar-refractivity contribution in [2.24, 2.45) is 0 Å². The summed E-state index contributed by atoms with van der Waals surface area (Å²) in [7, 11) is 0. The van der Waals surface area contributed by atoms with Crippen LogP contribution in [-0.4, -0.2) is 71.5 Å². The second-order valence-corrected chi connectivity index (χ2v) is 6.88. The van der Waals surface area contributed by atoms with Gasteiger partial charge in [-0.15, -0.1) is 0 Å². The van der Waals surface area contributed by atoms with Crippen LogP contribution in [0.25, 0.3) is 0 Å². The normalized spacial score (nSPS) is 15.4. The molecule has 0 aromatic rings. The molecule has 0 fully saturated rings. The Morgan fingerprint density at radius 1 is 0.375 bits per heavy atom. The van der Waals surface area contributed by atoms with Gasteiger partial charge in [-0.05, 0) is 0 Å². The molecule has 0 saturated heterocycles. The smallest absolute Gasteiger partial charge is 0.393 e. The van der Waals surface area contributed by atoms with E-state index in [9.17, 15) is 97.4 Å². The minimum Gasteiger partial charge on any atom is -0.393 e. The predicted octanol–water partition coefficient (Wildman–Crippen LogP) is 6.71. The zero-order valence-electron chi connectivity index (χ0n) is 17.8. The van der Waals surface area contributed by atoms with Crippen LogP contribution in [0.15, 0.2) is 25.3 Å². The van der Waals surface area contributed by atoms with Gasteiger partial charge in [0.05, 0.1) is 0 Å². The number of carbonyl (C=O) groups is 2. The lowest BCUT2D eigenvalue weighted by atomic mass is 9.87. The summed E-state index contributed by atoms with van der Waals surface area (Å²) in [4.78, 5) is 21.0. The highest BCUT2D eigenvalue weighted by Gasteiger charge is 2.98. The number of ether oxygens (including phenoxy) is 2. The number of hydrogen-bond acceptors (Lipinski definition) is 4. The summed E-state index contributed by atoms with van der Waals surface area (Å²) < 4.78 is 274. The highest BCUT2D eigenvalue weighted by atomic mass is 19.4. The fraction of sp³-hybridized carbons (Fsp3) is 0.625. The fourth-order valence-corrected chi connectivity index (χ4v) is 2.01. The quantitative estimate of drug-likeness (QED) is 0.127. The molecule has 0 aliphatic heterocycles. The lowest BCUT2D eigenvalue weighted by Crippen LogP contribution is -2.77. The van der Waals surface area contributed by atoms with Gasteiger partial charge >= 0.3 is 71.5 Å². The molecule has 0 amide bonds. The van der Waals surface area contributed by atoms with E-state index in [1.807, 2.05) is 0 Å². The van der Waals surface area contributed by atoms with Gasteiger partial charge in [0, 0.05) is 12.2 Å². The number of esters is 2. The Morgan fingerprint density at radius 3 is 0.675 bits per heavy atom. The maximum Gasteiger partial charge on any atom is 0.473 e. The van der Waals surface area contributed by atoms with Crippen LogP contribution < -0.4 is 0 Å². The van der Waals surface area contributed by atoms with Crippen molar-refractivity contribution in [2.45, 2.75) is 59.6 Å². The Bertz CT molecular complexity index is 934. The summed E-state index contributed by atoms with van der Waals surface area (Å²) >= 11 is 0. The molecule has 24 heteroatoms. The maximum absolute atomic E-state index is 13.7. The van der Waals surface area contributed by atoms with Crippen molar-refractivity contribution in [1.82, 2.24) is 0 Å². The molecule has 0 aliphatic carbocycles. The molecular formula is C16H6F20O4. The van der Waals surface area contributed by atoms with E-state index in [0.29, 0.717) is 0 Å². The van der Waals surface area contributed by atoms with E-state index in [1.165, 1.54) is 0 Å². The highest BCUT2D eigenvalue weighted by molar-refractivity contribution is 5.81. The molecule has 0 aliphatic rings. The van der Waals surface area contributed by atoms with Crippen molar-refractivity contribution in [3.05, 3.63) is 25.3 Å². The average molecular weight is 642 g/mol. The summed E-state index contributed by atoms with van der Waals surface area (Å²) in [5, 5.41) is 0. The van der Waals surface area contributed by atoms with E-state index in [-0.39, 0.29) is 0 Å². The molecule has 0 spiro atoms. The van der Waals surface area contributed by atoms with Crippen molar-refractivity contribution in [3.63, 3.8) is 0 Å². The minimum atomic E-state index is -9.26. The Balaban J connectivity index is 7.12. The first-order chi connectivity index (χ1) is 17.2. The molecule has 0 N–H and O–H groups in total. The monoisotopic (exact) mass is 642 g/mol. The third-order valence-electron chi connectivity index (χ3n) is 4.28. The van der Waals surface area contributed by atoms with Crippen molar-refractivity contribution in [3.8, 4) is 0 Å². The van der Waals surface area contributed by atoms with E-state index >= 15 is 0 Å². The van der Waals surface area contributed by atoms with Crippen LogP contribution in [0.3, 0.4) is 0 Å². The number of carbonyl (C=O) groups excluding carboxylic acids is 2. The molecule has 0 unspecified atom stereocenters. The van der Waals surface area contributed by atoms with E-state index in [1.54, 1.807) is 0 Å². The highest BCUT2D eigenvalue weighted by Crippen LogP contribution is 2.66. The van der Waals surface area contributed by atoms with Crippen LogP contribution in [0, 0.1) is 0 Å². The predicted molar refractivity (Wildman–Crippen MR) is 82.0 cm³/mol. The van der Waals surface area contributed by atoms with E-state index in [2.05, 4.69) is 22.6 Å². The molecule has 0 rings (SSSR count). The SMILES string of the molecule is C=CC(=O)OC(F)(F)C(F)(F)C(F)(F)C(F)(F)C(F)(F)C(F)(F)C(F)(F)C(F)(F)C(F)(F)C(F)(F)OC(=O)C=C. The van der Waals surface area contributed by atoms with E-state index in [0.717, 1.165) is 0 Å². The first kappa shape index (κ1) is 37.0. The summed E-state index contributed by atoms with van der Waals surface area (Å²) in [5.41, 5.74) is 0. The molecule has 40 heavy (non-hydrogen) atoms. The second kappa shape index (κ2) is 9.83. The van der Waals surface area contributed by atoms with Crippen LogP contribution in [0.5, 0.6) is 0 Å². The van der Waals surface area contributed by atoms with Crippen LogP contribution in [0.1, 0.15) is 0 Å². The Morgan fingerprint density at radius 2 is 0.525 bits per heavy atom. The summed E-state index contributed by atoms with van der Waals surface area (Å²) in [6, 6.07) is 0. The van der Waals surface area contributed by atoms with Crippen LogP contribution in [-0.2, 0) is 19.1 Å². The first-order valence-electron chi connectivity index (χ1n) is 8.65. The molecule has 0 bridgehead atoms. The van der Waals surface area contributed by atoms with Gasteiger partial charge in [0.15, 0.2) is 0 Å². The number of alkyl halides is 20. The number of rotatable bonds is 13. The lowest BCUT2D eigenvalue weighted by molar-refractivity contribution is -0.485. The van der Waals surface area contributed by atoms with Crippen LogP contribution in [0.2, 0.25) is 0 Å². The molecule has 0 heterocycles. The number of halogens is 20. The van der Waals surface area contributed by atoms with Crippen molar-refractivity contribution in [1.29, 1.82) is 0 Å². The average Bonchev–Trinajstić information content (AvgIpc) is 2.76. The van der Waals surface area contributed by atoms with E-state index in [4.69, 9.17) is 0 Å². The van der Waals surface area contributed by atoms with Gasteiger partial charge in [-0.2, -0.15) is 87.8 Å². The molecule has 0 radical (unpaired) electrons. The maximum atomic E-state index is 13.7. The summed E-state index contributed by atoms with van der Waals surface area (Å²) in [5.74, 6) is -77.0.